The van der Waals surface area contributed by atoms with Crippen molar-refractivity contribution >= 4 is 23.9 Å². The van der Waals surface area contributed by atoms with Gasteiger partial charge in [-0.3, -0.25) is 19.8 Å². The van der Waals surface area contributed by atoms with E-state index in [0.29, 0.717) is 10.7 Å². The summed E-state index contributed by atoms with van der Waals surface area (Å²) in [5, 5.41) is 6.57. The first-order valence-electron chi connectivity index (χ1n) is 8.40. The highest BCUT2D eigenvalue weighted by Gasteiger charge is 2.50. The first kappa shape index (κ1) is 20.0. The van der Waals surface area contributed by atoms with Crippen LogP contribution in [0.5, 0.6) is 0 Å². The third kappa shape index (κ3) is 4.08. The number of rotatable bonds is 5. The number of urea groups is 2. The Morgan fingerprint density at radius 3 is 2.69 bits per heavy atom. The highest BCUT2D eigenvalue weighted by Crippen LogP contribution is 2.31. The van der Waals surface area contributed by atoms with Gasteiger partial charge in [-0.2, -0.15) is 0 Å². The molecule has 0 radical (unpaired) electrons. The van der Waals surface area contributed by atoms with Crippen LogP contribution in [0.1, 0.15) is 18.2 Å². The number of benzene rings is 1. The zero-order chi connectivity index (χ0) is 21.2. The van der Waals surface area contributed by atoms with Crippen molar-refractivity contribution in [3.8, 4) is 0 Å². The van der Waals surface area contributed by atoms with Crippen LogP contribution in [0, 0.1) is 11.6 Å². The Bertz CT molecular complexity index is 979. The third-order valence-electron chi connectivity index (χ3n) is 4.30. The van der Waals surface area contributed by atoms with E-state index < -0.39 is 47.6 Å². The minimum absolute atomic E-state index is 0.0200. The second-order valence-corrected chi connectivity index (χ2v) is 6.38. The van der Waals surface area contributed by atoms with E-state index in [4.69, 9.17) is 4.42 Å². The number of halogens is 2. The van der Waals surface area contributed by atoms with Crippen molar-refractivity contribution in [2.24, 2.45) is 0 Å². The van der Waals surface area contributed by atoms with Crippen LogP contribution in [0.3, 0.4) is 0 Å². The highest BCUT2D eigenvalue weighted by atomic mass is 19.1. The van der Waals surface area contributed by atoms with Gasteiger partial charge in [0.2, 0.25) is 5.91 Å². The van der Waals surface area contributed by atoms with Crippen LogP contribution in [0.2, 0.25) is 0 Å². The summed E-state index contributed by atoms with van der Waals surface area (Å²) >= 11 is 0. The molecule has 0 aliphatic carbocycles. The number of furan rings is 1. The fourth-order valence-corrected chi connectivity index (χ4v) is 2.84. The van der Waals surface area contributed by atoms with E-state index >= 15 is 0 Å². The van der Waals surface area contributed by atoms with Crippen molar-refractivity contribution in [1.82, 2.24) is 20.9 Å². The Kier molecular flexibility index (Phi) is 5.31. The molecule has 0 saturated carbocycles. The van der Waals surface area contributed by atoms with Gasteiger partial charge in [-0.05, 0) is 37.3 Å². The molecule has 1 fully saturated rings. The molecule has 0 unspecified atom stereocenters. The molecule has 1 atom stereocenters. The summed E-state index contributed by atoms with van der Waals surface area (Å²) in [6.45, 7) is 0.427. The van der Waals surface area contributed by atoms with Crippen LogP contribution in [0.15, 0.2) is 41.0 Å². The van der Waals surface area contributed by atoms with Crippen LogP contribution in [-0.2, 0) is 21.7 Å². The van der Waals surface area contributed by atoms with Gasteiger partial charge in [-0.15, -0.1) is 0 Å². The van der Waals surface area contributed by atoms with Crippen LogP contribution in [-0.4, -0.2) is 35.3 Å². The fourth-order valence-electron chi connectivity index (χ4n) is 2.84. The van der Waals surface area contributed by atoms with Gasteiger partial charge in [0.1, 0.15) is 29.5 Å². The number of carbonyl (C=O) groups is 4. The van der Waals surface area contributed by atoms with Crippen molar-refractivity contribution in [2.45, 2.75) is 19.0 Å². The first-order chi connectivity index (χ1) is 13.7. The summed E-state index contributed by atoms with van der Waals surface area (Å²) in [4.78, 5) is 49.1. The Labute approximate surface area is 163 Å². The smallest absolute Gasteiger partial charge is 0.325 e. The summed E-state index contributed by atoms with van der Waals surface area (Å²) < 4.78 is 32.6. The summed E-state index contributed by atoms with van der Waals surface area (Å²) in [5.41, 5.74) is -2.28. The van der Waals surface area contributed by atoms with E-state index in [1.807, 2.05) is 5.32 Å². The summed E-state index contributed by atoms with van der Waals surface area (Å²) in [5.74, 6) is -3.15. The molecule has 3 rings (SSSR count). The van der Waals surface area contributed by atoms with Crippen LogP contribution in [0.4, 0.5) is 18.4 Å². The van der Waals surface area contributed by atoms with Crippen molar-refractivity contribution in [2.75, 3.05) is 6.54 Å². The van der Waals surface area contributed by atoms with E-state index in [1.54, 1.807) is 12.1 Å². The molecule has 2 aromatic rings. The number of hydrogen-bond acceptors (Lipinski definition) is 5. The average molecular weight is 406 g/mol. The fraction of sp³-hybridized carbons (Fsp3) is 0.222. The standard InChI is InChI=1S/C18H16F2N4O5/c1-18(12-7-10(19)4-5-13(12)20)15(26)24(17(28)23-18)9-14(25)22-16(27)21-8-11-3-2-6-29-11/h2-7H,8-9H2,1H3,(H,23,28)(H2,21,22,25,27)/t18-/m1/s1. The SMILES string of the molecule is C[C@]1(c2cc(F)ccc2F)NC(=O)N(CC(=O)NC(=O)NCc2ccco2)C1=O. The van der Waals surface area contributed by atoms with Crippen LogP contribution >= 0.6 is 0 Å². The van der Waals surface area contributed by atoms with Gasteiger partial charge in [0.15, 0.2) is 0 Å². The van der Waals surface area contributed by atoms with Gasteiger partial charge in [-0.1, -0.05) is 0 Å². The molecule has 1 aliphatic rings. The minimum Gasteiger partial charge on any atom is -0.467 e. The van der Waals surface area contributed by atoms with Gasteiger partial charge in [-0.25, -0.2) is 18.4 Å². The number of nitrogens with one attached hydrogen (secondary N) is 3. The summed E-state index contributed by atoms with van der Waals surface area (Å²) in [6.07, 6.45) is 1.41. The lowest BCUT2D eigenvalue weighted by Crippen LogP contribution is -2.46. The molecule has 1 saturated heterocycles. The second-order valence-electron chi connectivity index (χ2n) is 6.38. The quantitative estimate of drug-likeness (QED) is 0.648. The van der Waals surface area contributed by atoms with Gasteiger partial charge >= 0.3 is 12.1 Å². The Balaban J connectivity index is 1.64. The predicted molar refractivity (Wildman–Crippen MR) is 93.0 cm³/mol. The lowest BCUT2D eigenvalue weighted by atomic mass is 9.91. The normalized spacial score (nSPS) is 18.5. The largest absolute Gasteiger partial charge is 0.467 e. The van der Waals surface area contributed by atoms with Gasteiger partial charge in [0.25, 0.3) is 5.91 Å². The molecule has 11 heteroatoms. The molecule has 1 aromatic carbocycles. The number of hydrogen-bond donors (Lipinski definition) is 3. The van der Waals surface area contributed by atoms with Crippen molar-refractivity contribution in [1.29, 1.82) is 0 Å². The molecular weight excluding hydrogens is 390 g/mol. The number of nitrogens with zero attached hydrogens (tertiary/aromatic N) is 1. The number of carbonyl (C=O) groups excluding carboxylic acids is 4. The van der Waals surface area contributed by atoms with Crippen molar-refractivity contribution in [3.63, 3.8) is 0 Å². The Hall–Kier alpha value is -3.76. The van der Waals surface area contributed by atoms with Crippen LogP contribution < -0.4 is 16.0 Å². The van der Waals surface area contributed by atoms with E-state index in [0.717, 1.165) is 18.2 Å². The monoisotopic (exact) mass is 406 g/mol. The van der Waals surface area contributed by atoms with Gasteiger partial charge in [0.05, 0.1) is 12.8 Å². The molecule has 1 aliphatic heterocycles. The Morgan fingerprint density at radius 1 is 1.24 bits per heavy atom. The average Bonchev–Trinajstić information content (AvgIpc) is 3.25. The summed E-state index contributed by atoms with van der Waals surface area (Å²) in [6, 6.07) is 3.88. The Morgan fingerprint density at radius 2 is 2.00 bits per heavy atom. The molecule has 1 aromatic heterocycles. The number of amides is 6. The maximum atomic E-state index is 14.1. The van der Waals surface area contributed by atoms with E-state index in [2.05, 4.69) is 10.6 Å². The predicted octanol–water partition coefficient (Wildman–Crippen LogP) is 1.35. The molecule has 0 spiro atoms. The maximum absolute atomic E-state index is 14.1. The molecule has 29 heavy (non-hydrogen) atoms. The van der Waals surface area contributed by atoms with Crippen molar-refractivity contribution < 1.29 is 32.4 Å². The van der Waals surface area contributed by atoms with Gasteiger partial charge in [0, 0.05) is 5.56 Å². The number of imide groups is 2. The minimum atomic E-state index is -1.90. The van der Waals surface area contributed by atoms with Crippen molar-refractivity contribution in [3.05, 3.63) is 59.6 Å². The molecule has 152 valence electrons. The lowest BCUT2D eigenvalue weighted by molar-refractivity contribution is -0.134. The topological polar surface area (TPSA) is 121 Å². The molecular formula is C18H16F2N4O5. The highest BCUT2D eigenvalue weighted by molar-refractivity contribution is 6.10. The van der Waals surface area contributed by atoms with E-state index in [9.17, 15) is 28.0 Å². The zero-order valence-electron chi connectivity index (χ0n) is 15.1. The second kappa shape index (κ2) is 7.70. The molecule has 2 heterocycles. The van der Waals surface area contributed by atoms with Crippen LogP contribution in [0.25, 0.3) is 0 Å². The maximum Gasteiger partial charge on any atom is 0.325 e. The summed E-state index contributed by atoms with van der Waals surface area (Å²) in [7, 11) is 0. The third-order valence-corrected chi connectivity index (χ3v) is 4.30. The van der Waals surface area contributed by atoms with Gasteiger partial charge < -0.3 is 15.1 Å². The molecule has 9 nitrogen and oxygen atoms in total. The zero-order valence-corrected chi connectivity index (χ0v) is 15.1. The van der Waals surface area contributed by atoms with E-state index in [-0.39, 0.29) is 12.1 Å². The first-order valence-corrected chi connectivity index (χ1v) is 8.40. The molecule has 0 bridgehead atoms. The van der Waals surface area contributed by atoms with E-state index in [1.165, 1.54) is 13.2 Å². The molecule has 6 amide bonds. The molecule has 3 N–H and O–H groups in total. The lowest BCUT2D eigenvalue weighted by Gasteiger charge is -2.22.